The number of sulfonamides is 1. The minimum Gasteiger partial charge on any atom is -0.496 e. The molecular weight excluding hydrogens is 438 g/mol. The van der Waals surface area contributed by atoms with Crippen LogP contribution in [0.3, 0.4) is 0 Å². The van der Waals surface area contributed by atoms with Crippen LogP contribution in [0.15, 0.2) is 62.8 Å². The predicted octanol–water partition coefficient (Wildman–Crippen LogP) is 3.03. The Morgan fingerprint density at radius 2 is 2.06 bits per heavy atom. The van der Waals surface area contributed by atoms with E-state index in [2.05, 4.69) is 20.0 Å². The van der Waals surface area contributed by atoms with Gasteiger partial charge in [-0.1, -0.05) is 5.16 Å². The van der Waals surface area contributed by atoms with Crippen LogP contribution in [-0.4, -0.2) is 42.6 Å². The average Bonchev–Trinajstić information content (AvgIpc) is 3.54. The Morgan fingerprint density at radius 1 is 1.19 bits per heavy atom. The number of aromatic nitrogens is 4. The number of hydrogen-bond donors (Lipinski definition) is 1. The molecule has 4 heterocycles. The average molecular weight is 455 g/mol. The van der Waals surface area contributed by atoms with Gasteiger partial charge in [-0.15, -0.1) is 0 Å². The number of methoxy groups -OCH3 is 2. The minimum absolute atomic E-state index is 0.0505. The molecule has 0 aliphatic rings. The van der Waals surface area contributed by atoms with Crippen molar-refractivity contribution in [1.29, 1.82) is 0 Å². The molecule has 0 amide bonds. The fraction of sp³-hybridized carbons (Fsp3) is 0.150. The van der Waals surface area contributed by atoms with Crippen LogP contribution in [0.25, 0.3) is 21.9 Å². The Balaban J connectivity index is 1.55. The number of nitrogens with zero attached hydrogens (tertiary/aromatic N) is 4. The summed E-state index contributed by atoms with van der Waals surface area (Å²) in [6, 6.07) is 8.03. The lowest BCUT2D eigenvalue weighted by atomic mass is 10.2. The largest absolute Gasteiger partial charge is 0.496 e. The van der Waals surface area contributed by atoms with Crippen LogP contribution in [-0.2, 0) is 16.6 Å². The molecule has 32 heavy (non-hydrogen) atoms. The maximum Gasteiger partial charge on any atom is 0.266 e. The molecule has 11 nitrogen and oxygen atoms in total. The molecule has 0 saturated heterocycles. The summed E-state index contributed by atoms with van der Waals surface area (Å²) in [5, 5.41) is 8.86. The van der Waals surface area contributed by atoms with Gasteiger partial charge in [0.1, 0.15) is 16.0 Å². The summed E-state index contributed by atoms with van der Waals surface area (Å²) in [6.45, 7) is 0.378. The zero-order valence-corrected chi connectivity index (χ0v) is 17.8. The van der Waals surface area contributed by atoms with Crippen molar-refractivity contribution in [3.8, 4) is 11.6 Å². The molecular formula is C20H17N5O6S. The smallest absolute Gasteiger partial charge is 0.266 e. The molecule has 0 atom stereocenters. The lowest BCUT2D eigenvalue weighted by Gasteiger charge is -2.09. The highest BCUT2D eigenvalue weighted by Crippen LogP contribution is 2.35. The van der Waals surface area contributed by atoms with E-state index >= 15 is 0 Å². The molecule has 12 heteroatoms. The molecule has 0 unspecified atom stereocenters. The number of benzene rings is 1. The zero-order chi connectivity index (χ0) is 22.3. The summed E-state index contributed by atoms with van der Waals surface area (Å²) in [5.74, 6) is 0.613. The van der Waals surface area contributed by atoms with Crippen molar-refractivity contribution in [1.82, 2.24) is 19.9 Å². The normalized spacial score (nSPS) is 11.8. The van der Waals surface area contributed by atoms with Crippen LogP contribution >= 0.6 is 0 Å². The standard InChI is InChI=1S/C20H17N5O6S/c1-28-14-4-5-16(18-13(14)6-9-30-18)32(26,27)24-19-17-15(31-23-19)10-12(22-20(17)29-2)11-25-8-3-7-21-25/h3-10H,11H2,1-2H3,(H,23,24). The van der Waals surface area contributed by atoms with Gasteiger partial charge in [0, 0.05) is 18.5 Å². The first-order chi connectivity index (χ1) is 15.5. The first-order valence-corrected chi connectivity index (χ1v) is 10.9. The molecule has 164 valence electrons. The predicted molar refractivity (Wildman–Crippen MR) is 113 cm³/mol. The van der Waals surface area contributed by atoms with Gasteiger partial charge in [0.2, 0.25) is 5.88 Å². The number of fused-ring (bicyclic) bond motifs is 2. The fourth-order valence-electron chi connectivity index (χ4n) is 3.42. The molecule has 5 rings (SSSR count). The topological polar surface area (TPSA) is 135 Å². The van der Waals surface area contributed by atoms with Crippen molar-refractivity contribution in [2.45, 2.75) is 11.4 Å². The van der Waals surface area contributed by atoms with Crippen molar-refractivity contribution in [3.05, 3.63) is 54.7 Å². The van der Waals surface area contributed by atoms with Gasteiger partial charge in [-0.05, 0) is 24.3 Å². The SMILES string of the molecule is COc1ccc(S(=O)(=O)Nc2noc3cc(Cn4cccn4)nc(OC)c23)c2occc12. The van der Waals surface area contributed by atoms with Crippen molar-refractivity contribution in [2.24, 2.45) is 0 Å². The highest BCUT2D eigenvalue weighted by Gasteiger charge is 2.26. The van der Waals surface area contributed by atoms with Crippen molar-refractivity contribution in [2.75, 3.05) is 18.9 Å². The molecule has 5 aromatic rings. The van der Waals surface area contributed by atoms with E-state index in [1.807, 2.05) is 0 Å². The second kappa shape index (κ2) is 7.57. The number of furan rings is 1. The van der Waals surface area contributed by atoms with Gasteiger partial charge >= 0.3 is 0 Å². The summed E-state index contributed by atoms with van der Waals surface area (Å²) in [5.41, 5.74) is 1.09. The van der Waals surface area contributed by atoms with Gasteiger partial charge in [0.15, 0.2) is 17.0 Å². The van der Waals surface area contributed by atoms with Crippen LogP contribution in [0.2, 0.25) is 0 Å². The van der Waals surface area contributed by atoms with Crippen LogP contribution in [0.1, 0.15) is 5.69 Å². The molecule has 1 N–H and O–H groups in total. The van der Waals surface area contributed by atoms with E-state index < -0.39 is 10.0 Å². The number of pyridine rings is 1. The minimum atomic E-state index is -4.09. The summed E-state index contributed by atoms with van der Waals surface area (Å²) < 4.78 is 51.9. The first kappa shape index (κ1) is 19.9. The third kappa shape index (κ3) is 3.30. The first-order valence-electron chi connectivity index (χ1n) is 9.38. The van der Waals surface area contributed by atoms with Gasteiger partial charge in [0.05, 0.1) is 38.1 Å². The molecule has 0 bridgehead atoms. The summed E-state index contributed by atoms with van der Waals surface area (Å²) in [7, 11) is -1.16. The number of anilines is 1. The van der Waals surface area contributed by atoms with E-state index in [0.29, 0.717) is 34.3 Å². The molecule has 0 aliphatic carbocycles. The zero-order valence-electron chi connectivity index (χ0n) is 17.0. The van der Waals surface area contributed by atoms with Gasteiger partial charge < -0.3 is 18.4 Å². The van der Waals surface area contributed by atoms with Gasteiger partial charge in [-0.25, -0.2) is 13.4 Å². The number of nitrogens with one attached hydrogen (secondary N) is 1. The van der Waals surface area contributed by atoms with Crippen molar-refractivity contribution in [3.63, 3.8) is 0 Å². The van der Waals surface area contributed by atoms with E-state index in [1.165, 1.54) is 26.5 Å². The van der Waals surface area contributed by atoms with E-state index in [-0.39, 0.29) is 22.2 Å². The summed E-state index contributed by atoms with van der Waals surface area (Å²) in [4.78, 5) is 4.37. The molecule has 4 aromatic heterocycles. The maximum atomic E-state index is 13.2. The summed E-state index contributed by atoms with van der Waals surface area (Å²) in [6.07, 6.45) is 4.85. The Labute approximate surface area is 181 Å². The van der Waals surface area contributed by atoms with Crippen LogP contribution in [0.5, 0.6) is 11.6 Å². The van der Waals surface area contributed by atoms with Crippen molar-refractivity contribution >= 4 is 37.8 Å². The molecule has 0 spiro atoms. The number of hydrogen-bond acceptors (Lipinski definition) is 9. The van der Waals surface area contributed by atoms with Crippen molar-refractivity contribution < 1.29 is 26.8 Å². The second-order valence-corrected chi connectivity index (χ2v) is 8.42. The monoisotopic (exact) mass is 455 g/mol. The van der Waals surface area contributed by atoms with E-state index in [1.54, 1.807) is 41.3 Å². The highest BCUT2D eigenvalue weighted by atomic mass is 32.2. The maximum absolute atomic E-state index is 13.2. The Hall–Kier alpha value is -4.06. The number of rotatable bonds is 7. The van der Waals surface area contributed by atoms with E-state index in [9.17, 15) is 8.42 Å². The van der Waals surface area contributed by atoms with Crippen LogP contribution in [0.4, 0.5) is 5.82 Å². The molecule has 0 fully saturated rings. The molecule has 0 saturated carbocycles. The van der Waals surface area contributed by atoms with E-state index in [0.717, 1.165) is 0 Å². The highest BCUT2D eigenvalue weighted by molar-refractivity contribution is 7.93. The van der Waals surface area contributed by atoms with Gasteiger partial charge in [-0.3, -0.25) is 9.40 Å². The molecule has 0 radical (unpaired) electrons. The quantitative estimate of drug-likeness (QED) is 0.393. The fourth-order valence-corrected chi connectivity index (χ4v) is 4.57. The van der Waals surface area contributed by atoms with E-state index in [4.69, 9.17) is 18.4 Å². The Morgan fingerprint density at radius 3 is 2.81 bits per heavy atom. The molecule has 1 aromatic carbocycles. The third-order valence-electron chi connectivity index (χ3n) is 4.83. The number of ether oxygens (including phenoxy) is 2. The summed E-state index contributed by atoms with van der Waals surface area (Å²) >= 11 is 0. The lowest BCUT2D eigenvalue weighted by molar-refractivity contribution is 0.400. The van der Waals surface area contributed by atoms with Gasteiger partial charge in [-0.2, -0.15) is 5.10 Å². The van der Waals surface area contributed by atoms with Crippen LogP contribution in [0, 0.1) is 0 Å². The molecule has 0 aliphatic heterocycles. The van der Waals surface area contributed by atoms with Crippen LogP contribution < -0.4 is 14.2 Å². The van der Waals surface area contributed by atoms with Gasteiger partial charge in [0.25, 0.3) is 10.0 Å². The Kier molecular flexibility index (Phi) is 4.70. The lowest BCUT2D eigenvalue weighted by Crippen LogP contribution is -2.14. The Bertz CT molecular complexity index is 1520. The third-order valence-corrected chi connectivity index (χ3v) is 6.20. The second-order valence-electron chi connectivity index (χ2n) is 6.77.